The predicted octanol–water partition coefficient (Wildman–Crippen LogP) is 10.7. The van der Waals surface area contributed by atoms with Gasteiger partial charge in [0.2, 0.25) is 0 Å². The van der Waals surface area contributed by atoms with Crippen LogP contribution in [0.3, 0.4) is 0 Å². The number of rotatable bonds is 3. The molecule has 4 heteroatoms. The molecular formula is C43H26N2O2. The third-order valence-electron chi connectivity index (χ3n) is 10.3. The highest BCUT2D eigenvalue weighted by Crippen LogP contribution is 2.62. The highest BCUT2D eigenvalue weighted by atomic mass is 16.6. The Bertz CT molecular complexity index is 2570. The molecule has 1 heterocycles. The molecule has 0 saturated heterocycles. The SMILES string of the molecule is O=[N+]([O-])c1ccccc1-c1ccc2c(c1)c1ccccc1n2-c1ccc2c(c1)C1(c3ccccc3-c3ccccc31)c1ccccc1-2. The van der Waals surface area contributed by atoms with Gasteiger partial charge in [-0.05, 0) is 86.5 Å². The van der Waals surface area contributed by atoms with Gasteiger partial charge >= 0.3 is 0 Å². The second-order valence-electron chi connectivity index (χ2n) is 12.5. The lowest BCUT2D eigenvalue weighted by Gasteiger charge is -2.30. The second-order valence-corrected chi connectivity index (χ2v) is 12.5. The van der Waals surface area contributed by atoms with Crippen molar-refractivity contribution in [3.05, 3.63) is 190 Å². The first kappa shape index (κ1) is 26.0. The van der Waals surface area contributed by atoms with Crippen LogP contribution in [-0.2, 0) is 5.41 Å². The normalized spacial score (nSPS) is 13.4. The van der Waals surface area contributed by atoms with Gasteiger partial charge in [0.15, 0.2) is 0 Å². The lowest BCUT2D eigenvalue weighted by molar-refractivity contribution is -0.384. The highest BCUT2D eigenvalue weighted by Gasteiger charge is 2.51. The molecule has 7 aromatic carbocycles. The van der Waals surface area contributed by atoms with E-state index in [-0.39, 0.29) is 10.6 Å². The van der Waals surface area contributed by atoms with Gasteiger partial charge in [-0.2, -0.15) is 0 Å². The summed E-state index contributed by atoms with van der Waals surface area (Å²) in [4.78, 5) is 11.6. The second kappa shape index (κ2) is 9.38. The van der Waals surface area contributed by atoms with Crippen LogP contribution in [0, 0.1) is 10.1 Å². The molecule has 2 aliphatic rings. The zero-order valence-electron chi connectivity index (χ0n) is 25.2. The van der Waals surface area contributed by atoms with Gasteiger partial charge in [0.05, 0.1) is 26.9 Å². The first-order valence-electron chi connectivity index (χ1n) is 15.9. The fourth-order valence-corrected chi connectivity index (χ4v) is 8.52. The molecular weight excluding hydrogens is 576 g/mol. The number of benzene rings is 7. The van der Waals surface area contributed by atoms with E-state index in [1.165, 1.54) is 44.5 Å². The molecule has 1 spiro atoms. The first-order chi connectivity index (χ1) is 23.2. The molecule has 0 fully saturated rings. The van der Waals surface area contributed by atoms with Crippen molar-refractivity contribution in [1.29, 1.82) is 0 Å². The summed E-state index contributed by atoms with van der Waals surface area (Å²) in [5, 5.41) is 14.1. The van der Waals surface area contributed by atoms with E-state index in [4.69, 9.17) is 0 Å². The largest absolute Gasteiger partial charge is 0.309 e. The van der Waals surface area contributed by atoms with Crippen LogP contribution in [0.5, 0.6) is 0 Å². The maximum absolute atomic E-state index is 11.9. The number of para-hydroxylation sites is 2. The van der Waals surface area contributed by atoms with Crippen molar-refractivity contribution in [1.82, 2.24) is 4.57 Å². The number of hydrogen-bond donors (Lipinski definition) is 0. The number of nitro groups is 1. The van der Waals surface area contributed by atoms with Crippen molar-refractivity contribution < 1.29 is 4.92 Å². The van der Waals surface area contributed by atoms with Gasteiger partial charge in [-0.25, -0.2) is 0 Å². The first-order valence-corrected chi connectivity index (χ1v) is 15.9. The fraction of sp³-hybridized carbons (Fsp3) is 0.0233. The fourth-order valence-electron chi connectivity index (χ4n) is 8.52. The van der Waals surface area contributed by atoms with E-state index in [0.717, 1.165) is 33.1 Å². The Morgan fingerprint density at radius 1 is 0.468 bits per heavy atom. The summed E-state index contributed by atoms with van der Waals surface area (Å²) in [7, 11) is 0. The average Bonchev–Trinajstić information content (AvgIpc) is 3.73. The Morgan fingerprint density at radius 3 is 1.66 bits per heavy atom. The van der Waals surface area contributed by atoms with Gasteiger partial charge in [-0.1, -0.05) is 115 Å². The minimum Gasteiger partial charge on any atom is -0.309 e. The van der Waals surface area contributed by atoms with Crippen molar-refractivity contribution >= 4 is 27.5 Å². The predicted molar refractivity (Wildman–Crippen MR) is 189 cm³/mol. The molecule has 0 N–H and O–H groups in total. The number of hydrogen-bond acceptors (Lipinski definition) is 2. The molecule has 4 nitrogen and oxygen atoms in total. The summed E-state index contributed by atoms with van der Waals surface area (Å²) in [5.74, 6) is 0. The van der Waals surface area contributed by atoms with E-state index in [0.29, 0.717) is 5.56 Å². The Hall–Kier alpha value is -6.26. The van der Waals surface area contributed by atoms with Gasteiger partial charge in [-0.15, -0.1) is 0 Å². The van der Waals surface area contributed by atoms with Crippen molar-refractivity contribution in [2.24, 2.45) is 0 Å². The molecule has 0 aliphatic heterocycles. The third-order valence-corrected chi connectivity index (χ3v) is 10.3. The van der Waals surface area contributed by atoms with E-state index < -0.39 is 5.41 Å². The van der Waals surface area contributed by atoms with E-state index in [1.54, 1.807) is 12.1 Å². The van der Waals surface area contributed by atoms with Crippen molar-refractivity contribution in [2.45, 2.75) is 5.41 Å². The molecule has 0 unspecified atom stereocenters. The monoisotopic (exact) mass is 602 g/mol. The minimum atomic E-state index is -0.423. The number of nitrogens with zero attached hydrogens (tertiary/aromatic N) is 2. The Balaban J connectivity index is 1.26. The van der Waals surface area contributed by atoms with E-state index in [1.807, 2.05) is 18.2 Å². The van der Waals surface area contributed by atoms with Crippen LogP contribution < -0.4 is 0 Å². The van der Waals surface area contributed by atoms with Gasteiger partial charge in [-0.3, -0.25) is 10.1 Å². The third kappa shape index (κ3) is 3.31. The summed E-state index contributed by atoms with van der Waals surface area (Å²) >= 11 is 0. The summed E-state index contributed by atoms with van der Waals surface area (Å²) in [5.41, 5.74) is 14.7. The van der Waals surface area contributed by atoms with Crippen molar-refractivity contribution in [2.75, 3.05) is 0 Å². The van der Waals surface area contributed by atoms with Crippen molar-refractivity contribution in [3.8, 4) is 39.1 Å². The molecule has 220 valence electrons. The topological polar surface area (TPSA) is 48.1 Å². The van der Waals surface area contributed by atoms with Gasteiger partial charge in [0.25, 0.3) is 5.69 Å². The van der Waals surface area contributed by atoms with Crippen LogP contribution >= 0.6 is 0 Å². The summed E-state index contributed by atoms with van der Waals surface area (Å²) < 4.78 is 2.34. The van der Waals surface area contributed by atoms with Gasteiger partial charge < -0.3 is 4.57 Å². The average molecular weight is 603 g/mol. The van der Waals surface area contributed by atoms with E-state index in [2.05, 4.69) is 132 Å². The number of fused-ring (bicyclic) bond motifs is 13. The quantitative estimate of drug-likeness (QED) is 0.149. The standard InChI is InChI=1S/C43H26N2O2/c46-45(47)42-20-10-4-11-29(42)27-21-24-41-35(25-27)34-15-5-9-19-40(34)44(41)28-22-23-33-32-14-3-8-18-38(32)43(39(33)26-28)36-16-6-1-12-30(36)31-13-2-7-17-37(31)43/h1-26H. The zero-order valence-corrected chi connectivity index (χ0v) is 25.2. The van der Waals surface area contributed by atoms with Gasteiger partial charge in [0, 0.05) is 22.5 Å². The molecule has 8 aromatic rings. The van der Waals surface area contributed by atoms with Crippen LogP contribution in [-0.4, -0.2) is 9.49 Å². The summed E-state index contributed by atoms with van der Waals surface area (Å²) in [6.07, 6.45) is 0. The lowest BCUT2D eigenvalue weighted by atomic mass is 9.70. The van der Waals surface area contributed by atoms with Crippen LogP contribution in [0.2, 0.25) is 0 Å². The zero-order chi connectivity index (χ0) is 31.3. The van der Waals surface area contributed by atoms with E-state index in [9.17, 15) is 10.1 Å². The molecule has 1 aromatic heterocycles. The maximum atomic E-state index is 11.9. The van der Waals surface area contributed by atoms with Crippen LogP contribution in [0.1, 0.15) is 22.3 Å². The molecule has 0 radical (unpaired) electrons. The van der Waals surface area contributed by atoms with Gasteiger partial charge in [0.1, 0.15) is 0 Å². The summed E-state index contributed by atoms with van der Waals surface area (Å²) in [6.45, 7) is 0. The molecule has 47 heavy (non-hydrogen) atoms. The number of nitro benzene ring substituents is 1. The minimum absolute atomic E-state index is 0.108. The molecule has 2 aliphatic carbocycles. The van der Waals surface area contributed by atoms with Crippen molar-refractivity contribution in [3.63, 3.8) is 0 Å². The molecule has 0 atom stereocenters. The highest BCUT2D eigenvalue weighted by molar-refractivity contribution is 6.11. The van der Waals surface area contributed by atoms with E-state index >= 15 is 0 Å². The maximum Gasteiger partial charge on any atom is 0.277 e. The Labute approximate surface area is 271 Å². The lowest BCUT2D eigenvalue weighted by Crippen LogP contribution is -2.26. The number of aromatic nitrogens is 1. The van der Waals surface area contributed by atoms with Crippen LogP contribution in [0.15, 0.2) is 158 Å². The van der Waals surface area contributed by atoms with Crippen LogP contribution in [0.4, 0.5) is 5.69 Å². The Morgan fingerprint density at radius 2 is 1.00 bits per heavy atom. The molecule has 10 rings (SSSR count). The Kier molecular flexibility index (Phi) is 5.19. The molecule has 0 bridgehead atoms. The van der Waals surface area contributed by atoms with Crippen LogP contribution in [0.25, 0.3) is 60.9 Å². The smallest absolute Gasteiger partial charge is 0.277 e. The summed E-state index contributed by atoms with van der Waals surface area (Å²) in [6, 6.07) is 55.2. The molecule has 0 amide bonds. The molecule has 0 saturated carbocycles.